The van der Waals surface area contributed by atoms with E-state index in [9.17, 15) is 4.79 Å². The summed E-state index contributed by atoms with van der Waals surface area (Å²) in [7, 11) is 1.60. The average molecular weight is 389 g/mol. The van der Waals surface area contributed by atoms with Gasteiger partial charge in [0.1, 0.15) is 28.0 Å². The van der Waals surface area contributed by atoms with E-state index in [1.807, 2.05) is 36.4 Å². The fourth-order valence-electron chi connectivity index (χ4n) is 2.25. The second-order valence-corrected chi connectivity index (χ2v) is 6.73. The van der Waals surface area contributed by atoms with Gasteiger partial charge in [-0.2, -0.15) is 0 Å². The van der Waals surface area contributed by atoms with E-state index in [4.69, 9.17) is 21.1 Å². The zero-order valence-electron chi connectivity index (χ0n) is 14.1. The normalized spacial score (nSPS) is 10.4. The Morgan fingerprint density at radius 3 is 2.81 bits per heavy atom. The van der Waals surface area contributed by atoms with Crippen molar-refractivity contribution in [1.82, 2.24) is 10.3 Å². The summed E-state index contributed by atoms with van der Waals surface area (Å²) in [6.45, 7) is 0.741. The van der Waals surface area contributed by atoms with Gasteiger partial charge < -0.3 is 14.8 Å². The third-order valence-electron chi connectivity index (χ3n) is 3.53. The van der Waals surface area contributed by atoms with E-state index in [2.05, 4.69) is 10.3 Å². The molecule has 0 saturated heterocycles. The number of carbonyl (C=O) groups is 1. The molecule has 1 amide bonds. The van der Waals surface area contributed by atoms with E-state index in [1.165, 1.54) is 11.3 Å². The van der Waals surface area contributed by atoms with Crippen molar-refractivity contribution in [3.05, 3.63) is 64.6 Å². The van der Waals surface area contributed by atoms with E-state index in [-0.39, 0.29) is 5.91 Å². The Bertz CT molecular complexity index is 898. The second-order valence-electron chi connectivity index (χ2n) is 5.29. The van der Waals surface area contributed by atoms with Gasteiger partial charge in [-0.3, -0.25) is 4.79 Å². The molecule has 0 aliphatic rings. The molecular formula is C19H17ClN2O3S. The Labute approximate surface area is 160 Å². The maximum absolute atomic E-state index is 12.2. The maximum Gasteiger partial charge on any atom is 0.263 e. The third-order valence-corrected chi connectivity index (χ3v) is 4.89. The Balaban J connectivity index is 1.52. The molecule has 0 fully saturated rings. The number of hydrogen-bond donors (Lipinski definition) is 1. The van der Waals surface area contributed by atoms with Crippen LogP contribution >= 0.6 is 22.9 Å². The number of rotatable bonds is 7. The molecule has 0 radical (unpaired) electrons. The van der Waals surface area contributed by atoms with Crippen LogP contribution in [-0.4, -0.2) is 31.2 Å². The standard InChI is InChI=1S/C19H17ClN2O3S/c1-24-13-5-4-6-14(11-13)25-10-9-21-18(23)17-12-22-19(26-17)15-7-2-3-8-16(15)20/h2-8,11-12H,9-10H2,1H3,(H,21,23). The predicted molar refractivity (Wildman–Crippen MR) is 103 cm³/mol. The molecule has 3 aromatic rings. The number of methoxy groups -OCH3 is 1. The number of amides is 1. The molecule has 26 heavy (non-hydrogen) atoms. The minimum absolute atomic E-state index is 0.185. The first-order valence-electron chi connectivity index (χ1n) is 7.93. The maximum atomic E-state index is 12.2. The molecule has 134 valence electrons. The molecule has 0 aliphatic heterocycles. The van der Waals surface area contributed by atoms with Crippen molar-refractivity contribution in [3.8, 4) is 22.1 Å². The first kappa shape index (κ1) is 18.2. The first-order valence-corrected chi connectivity index (χ1v) is 9.12. The molecule has 1 aromatic heterocycles. The molecule has 0 spiro atoms. The zero-order chi connectivity index (χ0) is 18.4. The molecule has 0 saturated carbocycles. The van der Waals surface area contributed by atoms with Crippen LogP contribution in [0.5, 0.6) is 11.5 Å². The summed E-state index contributed by atoms with van der Waals surface area (Å²) in [6, 6.07) is 14.7. The van der Waals surface area contributed by atoms with Crippen LogP contribution in [0.1, 0.15) is 9.67 Å². The summed E-state index contributed by atoms with van der Waals surface area (Å²) < 4.78 is 10.7. The van der Waals surface area contributed by atoms with Crippen LogP contribution in [0.15, 0.2) is 54.7 Å². The van der Waals surface area contributed by atoms with Crippen LogP contribution in [0.4, 0.5) is 0 Å². The van der Waals surface area contributed by atoms with Crippen molar-refractivity contribution >= 4 is 28.8 Å². The van der Waals surface area contributed by atoms with Crippen molar-refractivity contribution < 1.29 is 14.3 Å². The minimum atomic E-state index is -0.185. The molecule has 0 atom stereocenters. The van der Waals surface area contributed by atoms with Gasteiger partial charge in [0.15, 0.2) is 0 Å². The van der Waals surface area contributed by atoms with Gasteiger partial charge in [0, 0.05) is 11.6 Å². The summed E-state index contributed by atoms with van der Waals surface area (Å²) >= 11 is 7.47. The fourth-order valence-corrected chi connectivity index (χ4v) is 3.40. The number of ether oxygens (including phenoxy) is 2. The van der Waals surface area contributed by atoms with Gasteiger partial charge in [0.25, 0.3) is 5.91 Å². The van der Waals surface area contributed by atoms with Crippen LogP contribution in [0, 0.1) is 0 Å². The highest BCUT2D eigenvalue weighted by Crippen LogP contribution is 2.30. The number of benzene rings is 2. The largest absolute Gasteiger partial charge is 0.497 e. The number of halogens is 1. The van der Waals surface area contributed by atoms with Crippen LogP contribution in [0.3, 0.4) is 0 Å². The monoisotopic (exact) mass is 388 g/mol. The highest BCUT2D eigenvalue weighted by Gasteiger charge is 2.13. The topological polar surface area (TPSA) is 60.5 Å². The number of aromatic nitrogens is 1. The van der Waals surface area contributed by atoms with Gasteiger partial charge in [-0.15, -0.1) is 11.3 Å². The molecule has 7 heteroatoms. The molecule has 0 bridgehead atoms. The first-order chi connectivity index (χ1) is 12.7. The molecule has 0 aliphatic carbocycles. The lowest BCUT2D eigenvalue weighted by Crippen LogP contribution is -2.27. The fraction of sp³-hybridized carbons (Fsp3) is 0.158. The van der Waals surface area contributed by atoms with Gasteiger partial charge in [-0.1, -0.05) is 35.9 Å². The highest BCUT2D eigenvalue weighted by atomic mass is 35.5. The summed E-state index contributed by atoms with van der Waals surface area (Å²) in [5.74, 6) is 1.23. The molecule has 1 N–H and O–H groups in total. The summed E-state index contributed by atoms with van der Waals surface area (Å²) in [5.41, 5.74) is 0.819. The Kier molecular flexibility index (Phi) is 6.09. The quantitative estimate of drug-likeness (QED) is 0.613. The zero-order valence-corrected chi connectivity index (χ0v) is 15.6. The number of nitrogens with zero attached hydrogens (tertiary/aromatic N) is 1. The van der Waals surface area contributed by atoms with Crippen molar-refractivity contribution in [1.29, 1.82) is 0 Å². The van der Waals surface area contributed by atoms with Crippen molar-refractivity contribution in [2.45, 2.75) is 0 Å². The lowest BCUT2D eigenvalue weighted by atomic mass is 10.2. The second kappa shape index (κ2) is 8.69. The lowest BCUT2D eigenvalue weighted by Gasteiger charge is -2.08. The smallest absolute Gasteiger partial charge is 0.263 e. The highest BCUT2D eigenvalue weighted by molar-refractivity contribution is 7.17. The number of thiazole rings is 1. The van der Waals surface area contributed by atoms with Gasteiger partial charge in [0.05, 0.1) is 24.9 Å². The minimum Gasteiger partial charge on any atom is -0.497 e. The van der Waals surface area contributed by atoms with Crippen LogP contribution in [0.2, 0.25) is 5.02 Å². The van der Waals surface area contributed by atoms with Gasteiger partial charge in [-0.05, 0) is 18.2 Å². The molecule has 1 heterocycles. The van der Waals surface area contributed by atoms with Gasteiger partial charge in [0.2, 0.25) is 0 Å². The molecule has 3 rings (SSSR count). The summed E-state index contributed by atoms with van der Waals surface area (Å²) in [5, 5.41) is 4.15. The van der Waals surface area contributed by atoms with Crippen LogP contribution in [-0.2, 0) is 0 Å². The van der Waals surface area contributed by atoms with E-state index >= 15 is 0 Å². The number of carbonyl (C=O) groups excluding carboxylic acids is 1. The van der Waals surface area contributed by atoms with Crippen molar-refractivity contribution in [2.75, 3.05) is 20.3 Å². The molecule has 5 nitrogen and oxygen atoms in total. The predicted octanol–water partition coefficient (Wildman–Crippen LogP) is 4.28. The van der Waals surface area contributed by atoms with E-state index in [0.717, 1.165) is 11.3 Å². The van der Waals surface area contributed by atoms with Gasteiger partial charge >= 0.3 is 0 Å². The van der Waals surface area contributed by atoms with Crippen molar-refractivity contribution in [3.63, 3.8) is 0 Å². The lowest BCUT2D eigenvalue weighted by molar-refractivity contribution is 0.0951. The average Bonchev–Trinajstić information content (AvgIpc) is 3.15. The number of nitrogens with one attached hydrogen (secondary N) is 1. The van der Waals surface area contributed by atoms with E-state index in [0.29, 0.717) is 33.8 Å². The Hall–Kier alpha value is -2.57. The molecule has 2 aromatic carbocycles. The Morgan fingerprint density at radius 2 is 2.00 bits per heavy atom. The van der Waals surface area contributed by atoms with E-state index < -0.39 is 0 Å². The van der Waals surface area contributed by atoms with E-state index in [1.54, 1.807) is 25.4 Å². The summed E-state index contributed by atoms with van der Waals surface area (Å²) in [4.78, 5) is 17.1. The molecular weight excluding hydrogens is 372 g/mol. The molecule has 0 unspecified atom stereocenters. The Morgan fingerprint density at radius 1 is 1.19 bits per heavy atom. The van der Waals surface area contributed by atoms with Crippen LogP contribution < -0.4 is 14.8 Å². The van der Waals surface area contributed by atoms with Gasteiger partial charge in [-0.25, -0.2) is 4.98 Å². The van der Waals surface area contributed by atoms with Crippen LogP contribution in [0.25, 0.3) is 10.6 Å². The number of hydrogen-bond acceptors (Lipinski definition) is 5. The van der Waals surface area contributed by atoms with Crippen molar-refractivity contribution in [2.24, 2.45) is 0 Å². The third kappa shape index (κ3) is 4.53. The summed E-state index contributed by atoms with van der Waals surface area (Å²) in [6.07, 6.45) is 1.56. The SMILES string of the molecule is COc1cccc(OCCNC(=O)c2cnc(-c3ccccc3Cl)s2)c1.